The fourth-order valence-corrected chi connectivity index (χ4v) is 2.19. The average molecular weight is 224 g/mol. The number of rotatable bonds is 4. The number of aliphatic hydroxyl groups is 1. The highest BCUT2D eigenvalue weighted by Crippen LogP contribution is 2.34. The van der Waals surface area contributed by atoms with E-state index in [0.29, 0.717) is 6.61 Å². The van der Waals surface area contributed by atoms with Gasteiger partial charge in [0, 0.05) is 30.8 Å². The summed E-state index contributed by atoms with van der Waals surface area (Å²) >= 11 is 0. The van der Waals surface area contributed by atoms with Crippen molar-refractivity contribution in [3.8, 4) is 0 Å². The minimum Gasteiger partial charge on any atom is -0.385 e. The Balaban J connectivity index is 2.14. The van der Waals surface area contributed by atoms with Crippen molar-refractivity contribution >= 4 is 0 Å². The highest BCUT2D eigenvalue weighted by molar-refractivity contribution is 5.16. The molecule has 90 valence electrons. The van der Waals surface area contributed by atoms with Gasteiger partial charge in [0.2, 0.25) is 0 Å². The van der Waals surface area contributed by atoms with Crippen LogP contribution in [0.2, 0.25) is 0 Å². The van der Waals surface area contributed by atoms with Gasteiger partial charge in [-0.1, -0.05) is 6.92 Å². The molecule has 0 radical (unpaired) electrons. The zero-order chi connectivity index (χ0) is 11.6. The molecule has 0 amide bonds. The van der Waals surface area contributed by atoms with Crippen LogP contribution in [0.5, 0.6) is 0 Å². The van der Waals surface area contributed by atoms with Gasteiger partial charge in [-0.3, -0.25) is 4.68 Å². The zero-order valence-electron chi connectivity index (χ0n) is 10.0. The van der Waals surface area contributed by atoms with E-state index in [0.717, 1.165) is 31.6 Å². The monoisotopic (exact) mass is 224 g/mol. The van der Waals surface area contributed by atoms with Crippen molar-refractivity contribution in [2.75, 3.05) is 13.2 Å². The first kappa shape index (κ1) is 11.6. The van der Waals surface area contributed by atoms with Gasteiger partial charge in [-0.05, 0) is 19.8 Å². The standard InChI is InChI=1S/C12H20N2O2/c1-3-5-14-8-11(7-13-14)12(2,15)10-4-6-16-9-10/h7-8,10,15H,3-6,9H2,1-2H3. The predicted molar refractivity (Wildman–Crippen MR) is 61.0 cm³/mol. The van der Waals surface area contributed by atoms with Crippen LogP contribution in [0.1, 0.15) is 32.3 Å². The zero-order valence-corrected chi connectivity index (χ0v) is 10.0. The second kappa shape index (κ2) is 4.55. The van der Waals surface area contributed by atoms with Gasteiger partial charge in [-0.2, -0.15) is 5.10 Å². The van der Waals surface area contributed by atoms with Gasteiger partial charge in [0.05, 0.1) is 18.4 Å². The minimum absolute atomic E-state index is 0.187. The molecule has 4 heteroatoms. The van der Waals surface area contributed by atoms with E-state index in [1.54, 1.807) is 6.20 Å². The molecule has 1 aliphatic heterocycles. The predicted octanol–water partition coefficient (Wildman–Crippen LogP) is 1.54. The Morgan fingerprint density at radius 1 is 1.69 bits per heavy atom. The van der Waals surface area contributed by atoms with Crippen molar-refractivity contribution in [1.29, 1.82) is 0 Å². The molecule has 2 heterocycles. The summed E-state index contributed by atoms with van der Waals surface area (Å²) in [6, 6.07) is 0. The van der Waals surface area contributed by atoms with Crippen LogP contribution in [-0.2, 0) is 16.9 Å². The van der Waals surface area contributed by atoms with Crippen LogP contribution < -0.4 is 0 Å². The van der Waals surface area contributed by atoms with Crippen molar-refractivity contribution in [3.05, 3.63) is 18.0 Å². The fraction of sp³-hybridized carbons (Fsp3) is 0.750. The van der Waals surface area contributed by atoms with E-state index in [1.165, 1.54) is 0 Å². The summed E-state index contributed by atoms with van der Waals surface area (Å²) in [7, 11) is 0. The maximum atomic E-state index is 10.5. The molecule has 16 heavy (non-hydrogen) atoms. The third kappa shape index (κ3) is 2.13. The Labute approximate surface area is 96.2 Å². The Bertz CT molecular complexity index is 341. The van der Waals surface area contributed by atoms with E-state index < -0.39 is 5.60 Å². The first-order valence-corrected chi connectivity index (χ1v) is 5.97. The van der Waals surface area contributed by atoms with Crippen molar-refractivity contribution in [1.82, 2.24) is 9.78 Å². The third-order valence-corrected chi connectivity index (χ3v) is 3.40. The fourth-order valence-electron chi connectivity index (χ4n) is 2.19. The molecule has 0 bridgehead atoms. The van der Waals surface area contributed by atoms with Gasteiger partial charge in [-0.25, -0.2) is 0 Å². The summed E-state index contributed by atoms with van der Waals surface area (Å²) in [6.45, 7) is 6.27. The molecule has 1 fully saturated rings. The van der Waals surface area contributed by atoms with Crippen molar-refractivity contribution in [2.45, 2.75) is 38.8 Å². The summed E-state index contributed by atoms with van der Waals surface area (Å²) in [5.74, 6) is 0.187. The van der Waals surface area contributed by atoms with Gasteiger partial charge in [0.15, 0.2) is 0 Å². The van der Waals surface area contributed by atoms with Gasteiger partial charge in [-0.15, -0.1) is 0 Å². The molecular formula is C12H20N2O2. The highest BCUT2D eigenvalue weighted by Gasteiger charge is 2.37. The van der Waals surface area contributed by atoms with Crippen molar-refractivity contribution in [2.24, 2.45) is 5.92 Å². The van der Waals surface area contributed by atoms with Crippen LogP contribution in [0, 0.1) is 5.92 Å². The maximum absolute atomic E-state index is 10.5. The van der Waals surface area contributed by atoms with Gasteiger partial charge >= 0.3 is 0 Å². The maximum Gasteiger partial charge on any atom is 0.0949 e. The van der Waals surface area contributed by atoms with Gasteiger partial charge in [0.25, 0.3) is 0 Å². The van der Waals surface area contributed by atoms with Crippen molar-refractivity contribution < 1.29 is 9.84 Å². The Hall–Kier alpha value is -0.870. The smallest absolute Gasteiger partial charge is 0.0949 e. The van der Waals surface area contributed by atoms with E-state index in [2.05, 4.69) is 12.0 Å². The molecule has 0 saturated carbocycles. The van der Waals surface area contributed by atoms with E-state index in [4.69, 9.17) is 4.74 Å². The summed E-state index contributed by atoms with van der Waals surface area (Å²) in [6.07, 6.45) is 5.69. The molecule has 0 spiro atoms. The van der Waals surface area contributed by atoms with Crippen LogP contribution in [0.4, 0.5) is 0 Å². The number of nitrogens with zero attached hydrogens (tertiary/aromatic N) is 2. The normalized spacial score (nSPS) is 24.6. The second-order valence-corrected chi connectivity index (χ2v) is 4.70. The van der Waals surface area contributed by atoms with Crippen LogP contribution in [0.3, 0.4) is 0 Å². The topological polar surface area (TPSA) is 47.3 Å². The number of aromatic nitrogens is 2. The van der Waals surface area contributed by atoms with E-state index >= 15 is 0 Å². The Morgan fingerprint density at radius 3 is 3.12 bits per heavy atom. The quantitative estimate of drug-likeness (QED) is 0.844. The summed E-state index contributed by atoms with van der Waals surface area (Å²) < 4.78 is 7.22. The molecule has 2 rings (SSSR count). The van der Waals surface area contributed by atoms with Crippen LogP contribution >= 0.6 is 0 Å². The summed E-state index contributed by atoms with van der Waals surface area (Å²) in [5, 5.41) is 14.8. The summed E-state index contributed by atoms with van der Waals surface area (Å²) in [5.41, 5.74) is 0.0825. The third-order valence-electron chi connectivity index (χ3n) is 3.40. The lowest BCUT2D eigenvalue weighted by Gasteiger charge is -2.27. The molecule has 1 aliphatic rings. The molecule has 1 saturated heterocycles. The van der Waals surface area contributed by atoms with E-state index in [1.807, 2.05) is 17.8 Å². The number of hydrogen-bond donors (Lipinski definition) is 1. The number of aryl methyl sites for hydroxylation is 1. The van der Waals surface area contributed by atoms with Crippen LogP contribution in [0.25, 0.3) is 0 Å². The van der Waals surface area contributed by atoms with E-state index in [9.17, 15) is 5.11 Å². The average Bonchev–Trinajstić information content (AvgIpc) is 2.88. The molecule has 1 aromatic rings. The second-order valence-electron chi connectivity index (χ2n) is 4.70. The van der Waals surface area contributed by atoms with Gasteiger partial charge < -0.3 is 9.84 Å². The highest BCUT2D eigenvalue weighted by atomic mass is 16.5. The molecule has 1 N–H and O–H groups in total. The number of ether oxygens (including phenoxy) is 1. The van der Waals surface area contributed by atoms with E-state index in [-0.39, 0.29) is 5.92 Å². The summed E-state index contributed by atoms with van der Waals surface area (Å²) in [4.78, 5) is 0. The molecule has 0 aliphatic carbocycles. The number of hydrogen-bond acceptors (Lipinski definition) is 3. The van der Waals surface area contributed by atoms with Gasteiger partial charge in [0.1, 0.15) is 0 Å². The SMILES string of the molecule is CCCn1cc(C(C)(O)C2CCOC2)cn1. The minimum atomic E-state index is -0.817. The molecular weight excluding hydrogens is 204 g/mol. The lowest BCUT2D eigenvalue weighted by molar-refractivity contribution is -0.00978. The lowest BCUT2D eigenvalue weighted by atomic mass is 9.84. The molecule has 2 unspecified atom stereocenters. The van der Waals surface area contributed by atoms with Crippen molar-refractivity contribution in [3.63, 3.8) is 0 Å². The molecule has 0 aromatic carbocycles. The molecule has 2 atom stereocenters. The van der Waals surface area contributed by atoms with Crippen LogP contribution in [0.15, 0.2) is 12.4 Å². The largest absolute Gasteiger partial charge is 0.385 e. The first-order valence-electron chi connectivity index (χ1n) is 5.97. The molecule has 4 nitrogen and oxygen atoms in total. The Kier molecular flexibility index (Phi) is 3.30. The van der Waals surface area contributed by atoms with Crippen LogP contribution in [-0.4, -0.2) is 28.1 Å². The lowest BCUT2D eigenvalue weighted by Crippen LogP contribution is -2.31. The Morgan fingerprint density at radius 2 is 2.50 bits per heavy atom. The first-order chi connectivity index (χ1) is 7.64. The molecule has 1 aromatic heterocycles.